The van der Waals surface area contributed by atoms with Gasteiger partial charge in [0.25, 0.3) is 0 Å². The zero-order valence-electron chi connectivity index (χ0n) is 7.87. The number of carbonyl (C=O) groups excluding carboxylic acids is 1. The highest BCUT2D eigenvalue weighted by Crippen LogP contribution is 2.25. The van der Waals surface area contributed by atoms with E-state index in [1.165, 1.54) is 13.0 Å². The molecule has 0 radical (unpaired) electrons. The first-order chi connectivity index (χ1) is 6.99. The minimum Gasteiger partial charge on any atom is -0.465 e. The smallest absolute Gasteiger partial charge is 0.409 e. The molecular formula is C9H9BrN2O3. The van der Waals surface area contributed by atoms with Crippen molar-refractivity contribution in [2.24, 2.45) is 0 Å². The lowest BCUT2D eigenvalue weighted by Gasteiger charge is -2.07. The van der Waals surface area contributed by atoms with E-state index in [1.54, 1.807) is 12.1 Å². The summed E-state index contributed by atoms with van der Waals surface area (Å²) >= 11 is 3.19. The van der Waals surface area contributed by atoms with Crippen LogP contribution in [0.4, 0.5) is 16.2 Å². The van der Waals surface area contributed by atoms with Gasteiger partial charge in [-0.3, -0.25) is 10.1 Å². The minimum atomic E-state index is -1.16. The quantitative estimate of drug-likeness (QED) is 0.774. The SMILES string of the molecule is CC(=O)Nc1ccc(Br)c(NC(=O)O)c1. The van der Waals surface area contributed by atoms with Crippen molar-refractivity contribution in [1.29, 1.82) is 0 Å². The van der Waals surface area contributed by atoms with Gasteiger partial charge in [-0.15, -0.1) is 0 Å². The maximum Gasteiger partial charge on any atom is 0.409 e. The van der Waals surface area contributed by atoms with Crippen molar-refractivity contribution in [3.63, 3.8) is 0 Å². The van der Waals surface area contributed by atoms with Crippen LogP contribution in [0, 0.1) is 0 Å². The molecule has 0 unspecified atom stereocenters. The first-order valence-electron chi connectivity index (χ1n) is 4.06. The minimum absolute atomic E-state index is 0.210. The molecule has 1 aromatic carbocycles. The van der Waals surface area contributed by atoms with E-state index in [0.717, 1.165) is 0 Å². The molecule has 1 aromatic rings. The van der Waals surface area contributed by atoms with Crippen molar-refractivity contribution in [3.05, 3.63) is 22.7 Å². The summed E-state index contributed by atoms with van der Waals surface area (Å²) in [6, 6.07) is 4.84. The Bertz CT molecular complexity index is 406. The monoisotopic (exact) mass is 272 g/mol. The molecule has 6 heteroatoms. The Morgan fingerprint density at radius 2 is 2.00 bits per heavy atom. The normalized spacial score (nSPS) is 9.47. The van der Waals surface area contributed by atoms with Crippen molar-refractivity contribution in [3.8, 4) is 0 Å². The largest absolute Gasteiger partial charge is 0.465 e. The Hall–Kier alpha value is -1.56. The Morgan fingerprint density at radius 1 is 1.33 bits per heavy atom. The molecule has 0 aliphatic rings. The highest BCUT2D eigenvalue weighted by atomic mass is 79.9. The van der Waals surface area contributed by atoms with E-state index in [9.17, 15) is 9.59 Å². The van der Waals surface area contributed by atoms with Crippen molar-refractivity contribution in [2.75, 3.05) is 10.6 Å². The number of halogens is 1. The van der Waals surface area contributed by atoms with E-state index >= 15 is 0 Å². The Balaban J connectivity index is 2.94. The van der Waals surface area contributed by atoms with Crippen LogP contribution < -0.4 is 10.6 Å². The predicted molar refractivity (Wildman–Crippen MR) is 60.1 cm³/mol. The molecule has 0 aromatic heterocycles. The summed E-state index contributed by atoms with van der Waals surface area (Å²) in [7, 11) is 0. The van der Waals surface area contributed by atoms with E-state index in [0.29, 0.717) is 15.8 Å². The molecule has 0 aliphatic carbocycles. The average Bonchev–Trinajstić information content (AvgIpc) is 2.09. The summed E-state index contributed by atoms with van der Waals surface area (Å²) in [4.78, 5) is 21.2. The van der Waals surface area contributed by atoms with Crippen LogP contribution in [-0.4, -0.2) is 17.1 Å². The van der Waals surface area contributed by atoms with E-state index in [4.69, 9.17) is 5.11 Å². The van der Waals surface area contributed by atoms with Crippen LogP contribution in [0.5, 0.6) is 0 Å². The van der Waals surface area contributed by atoms with Gasteiger partial charge in [0.05, 0.1) is 5.69 Å². The maximum atomic E-state index is 10.8. The second kappa shape index (κ2) is 4.79. The molecule has 0 aliphatic heterocycles. The fourth-order valence-electron chi connectivity index (χ4n) is 1.02. The molecule has 0 atom stereocenters. The van der Waals surface area contributed by atoms with Crippen molar-refractivity contribution < 1.29 is 14.7 Å². The standard InChI is InChI=1S/C9H9BrN2O3/c1-5(13)11-6-2-3-7(10)8(4-6)12-9(14)15/h2-4,12H,1H3,(H,11,13)(H,14,15). The molecule has 0 fully saturated rings. The van der Waals surface area contributed by atoms with Gasteiger partial charge in [0.15, 0.2) is 0 Å². The zero-order chi connectivity index (χ0) is 11.4. The molecular weight excluding hydrogens is 264 g/mol. The van der Waals surface area contributed by atoms with E-state index in [1.807, 2.05) is 0 Å². The van der Waals surface area contributed by atoms with Gasteiger partial charge in [-0.2, -0.15) is 0 Å². The third-order valence-electron chi connectivity index (χ3n) is 1.53. The van der Waals surface area contributed by atoms with Crippen LogP contribution in [0.15, 0.2) is 22.7 Å². The lowest BCUT2D eigenvalue weighted by molar-refractivity contribution is -0.114. The van der Waals surface area contributed by atoms with Gasteiger partial charge in [-0.25, -0.2) is 4.79 Å². The number of hydrogen-bond acceptors (Lipinski definition) is 2. The number of hydrogen-bond donors (Lipinski definition) is 3. The van der Waals surface area contributed by atoms with Gasteiger partial charge in [0.1, 0.15) is 0 Å². The molecule has 15 heavy (non-hydrogen) atoms. The fraction of sp³-hybridized carbons (Fsp3) is 0.111. The van der Waals surface area contributed by atoms with Gasteiger partial charge < -0.3 is 10.4 Å². The topological polar surface area (TPSA) is 78.4 Å². The first kappa shape index (κ1) is 11.5. The average molecular weight is 273 g/mol. The van der Waals surface area contributed by atoms with E-state index in [-0.39, 0.29) is 5.91 Å². The number of carbonyl (C=O) groups is 2. The summed E-state index contributed by atoms with van der Waals surface area (Å²) in [5.41, 5.74) is 0.920. The molecule has 80 valence electrons. The molecule has 0 heterocycles. The van der Waals surface area contributed by atoms with Crippen molar-refractivity contribution >= 4 is 39.3 Å². The van der Waals surface area contributed by atoms with Crippen LogP contribution in [0.1, 0.15) is 6.92 Å². The highest BCUT2D eigenvalue weighted by molar-refractivity contribution is 9.10. The number of nitrogens with one attached hydrogen (secondary N) is 2. The molecule has 1 rings (SSSR count). The molecule has 0 saturated carbocycles. The number of anilines is 2. The van der Waals surface area contributed by atoms with Crippen molar-refractivity contribution in [2.45, 2.75) is 6.92 Å². The number of amides is 2. The Kier molecular flexibility index (Phi) is 3.68. The lowest BCUT2D eigenvalue weighted by Crippen LogP contribution is -2.09. The lowest BCUT2D eigenvalue weighted by atomic mass is 10.3. The number of benzene rings is 1. The van der Waals surface area contributed by atoms with Crippen molar-refractivity contribution in [1.82, 2.24) is 0 Å². The fourth-order valence-corrected chi connectivity index (χ4v) is 1.36. The van der Waals surface area contributed by atoms with Crippen LogP contribution in [-0.2, 0) is 4.79 Å². The third-order valence-corrected chi connectivity index (χ3v) is 2.22. The van der Waals surface area contributed by atoms with Gasteiger partial charge in [-0.05, 0) is 34.1 Å². The van der Waals surface area contributed by atoms with Gasteiger partial charge >= 0.3 is 6.09 Å². The summed E-state index contributed by atoms with van der Waals surface area (Å²) in [5, 5.41) is 13.3. The number of rotatable bonds is 2. The summed E-state index contributed by atoms with van der Waals surface area (Å²) < 4.78 is 0.610. The third kappa shape index (κ3) is 3.59. The van der Waals surface area contributed by atoms with Crippen LogP contribution in [0.2, 0.25) is 0 Å². The second-order valence-electron chi connectivity index (χ2n) is 2.81. The predicted octanol–water partition coefficient (Wildman–Crippen LogP) is 2.50. The van der Waals surface area contributed by atoms with Gasteiger partial charge in [-0.1, -0.05) is 0 Å². The molecule has 0 spiro atoms. The summed E-state index contributed by atoms with van der Waals surface area (Å²) in [6.07, 6.45) is -1.16. The van der Waals surface area contributed by atoms with Crippen LogP contribution in [0.25, 0.3) is 0 Å². The molecule has 2 amide bonds. The molecule has 0 saturated heterocycles. The summed E-state index contributed by atoms with van der Waals surface area (Å²) in [5.74, 6) is -0.210. The zero-order valence-corrected chi connectivity index (χ0v) is 9.46. The van der Waals surface area contributed by atoms with Crippen LogP contribution >= 0.6 is 15.9 Å². The Morgan fingerprint density at radius 3 is 2.53 bits per heavy atom. The molecule has 3 N–H and O–H groups in total. The number of carboxylic acid groups (broad SMARTS) is 1. The summed E-state index contributed by atoms with van der Waals surface area (Å²) in [6.45, 7) is 1.38. The van der Waals surface area contributed by atoms with E-state index in [2.05, 4.69) is 26.6 Å². The first-order valence-corrected chi connectivity index (χ1v) is 4.85. The van der Waals surface area contributed by atoms with Gasteiger partial charge in [0, 0.05) is 17.1 Å². The Labute approximate surface area is 94.6 Å². The molecule has 5 nitrogen and oxygen atoms in total. The van der Waals surface area contributed by atoms with Gasteiger partial charge in [0.2, 0.25) is 5.91 Å². The molecule has 0 bridgehead atoms. The second-order valence-corrected chi connectivity index (χ2v) is 3.66. The van der Waals surface area contributed by atoms with Crippen LogP contribution in [0.3, 0.4) is 0 Å². The van der Waals surface area contributed by atoms with E-state index < -0.39 is 6.09 Å². The maximum absolute atomic E-state index is 10.8. The highest BCUT2D eigenvalue weighted by Gasteiger charge is 2.05.